The van der Waals surface area contributed by atoms with Crippen LogP contribution in [0.4, 0.5) is 5.69 Å². The largest absolute Gasteiger partial charge is 0.481 e. The SMILES string of the molecule is Cc1cccc(O[C@H](C)C(=O)Nc2ccc(I)cc2)c1. The van der Waals surface area contributed by atoms with Crippen molar-refractivity contribution in [1.82, 2.24) is 0 Å². The fourth-order valence-electron chi connectivity index (χ4n) is 1.72. The minimum Gasteiger partial charge on any atom is -0.481 e. The molecule has 4 heteroatoms. The van der Waals surface area contributed by atoms with Crippen LogP contribution in [-0.2, 0) is 4.79 Å². The second-order valence-corrected chi connectivity index (χ2v) is 5.82. The van der Waals surface area contributed by atoms with Crippen LogP contribution in [0.3, 0.4) is 0 Å². The van der Waals surface area contributed by atoms with Crippen LogP contribution in [0.5, 0.6) is 5.75 Å². The molecule has 0 aromatic heterocycles. The van der Waals surface area contributed by atoms with E-state index in [-0.39, 0.29) is 5.91 Å². The van der Waals surface area contributed by atoms with Crippen molar-refractivity contribution in [1.29, 1.82) is 0 Å². The Morgan fingerprint density at radius 2 is 1.90 bits per heavy atom. The summed E-state index contributed by atoms with van der Waals surface area (Å²) in [6.07, 6.45) is -0.545. The highest BCUT2D eigenvalue weighted by Gasteiger charge is 2.14. The number of anilines is 1. The molecule has 104 valence electrons. The van der Waals surface area contributed by atoms with E-state index in [1.54, 1.807) is 6.92 Å². The molecule has 0 unspecified atom stereocenters. The molecule has 20 heavy (non-hydrogen) atoms. The first-order valence-electron chi connectivity index (χ1n) is 6.34. The van der Waals surface area contributed by atoms with E-state index in [1.165, 1.54) is 0 Å². The molecule has 0 bridgehead atoms. The number of carbonyl (C=O) groups excluding carboxylic acids is 1. The van der Waals surface area contributed by atoms with Gasteiger partial charge in [-0.2, -0.15) is 0 Å². The van der Waals surface area contributed by atoms with Gasteiger partial charge in [0.2, 0.25) is 0 Å². The lowest BCUT2D eigenvalue weighted by Gasteiger charge is -2.15. The van der Waals surface area contributed by atoms with Gasteiger partial charge < -0.3 is 10.1 Å². The van der Waals surface area contributed by atoms with Crippen molar-refractivity contribution in [3.05, 3.63) is 57.7 Å². The lowest BCUT2D eigenvalue weighted by atomic mass is 10.2. The summed E-state index contributed by atoms with van der Waals surface area (Å²) in [6, 6.07) is 15.3. The number of hydrogen-bond acceptors (Lipinski definition) is 2. The Bertz CT molecular complexity index is 596. The van der Waals surface area contributed by atoms with E-state index >= 15 is 0 Å². The number of hydrogen-bond donors (Lipinski definition) is 1. The molecular weight excluding hydrogens is 365 g/mol. The summed E-state index contributed by atoms with van der Waals surface area (Å²) in [5.41, 5.74) is 1.88. The van der Waals surface area contributed by atoms with E-state index in [4.69, 9.17) is 4.74 Å². The van der Waals surface area contributed by atoms with Gasteiger partial charge in [0.25, 0.3) is 5.91 Å². The van der Waals surface area contributed by atoms with Crippen LogP contribution < -0.4 is 10.1 Å². The Labute approximate surface area is 132 Å². The quantitative estimate of drug-likeness (QED) is 0.813. The summed E-state index contributed by atoms with van der Waals surface area (Å²) >= 11 is 2.22. The van der Waals surface area contributed by atoms with Gasteiger partial charge >= 0.3 is 0 Å². The summed E-state index contributed by atoms with van der Waals surface area (Å²) in [5, 5.41) is 2.84. The standard InChI is InChI=1S/C16H16INO2/c1-11-4-3-5-15(10-11)20-12(2)16(19)18-14-8-6-13(17)7-9-14/h3-10,12H,1-2H3,(H,18,19)/t12-/m1/s1. The molecule has 2 aromatic carbocycles. The summed E-state index contributed by atoms with van der Waals surface area (Å²) in [5.74, 6) is 0.544. The normalized spacial score (nSPS) is 11.8. The fraction of sp³-hybridized carbons (Fsp3) is 0.188. The average molecular weight is 381 g/mol. The number of nitrogens with one attached hydrogen (secondary N) is 1. The van der Waals surface area contributed by atoms with Crippen molar-refractivity contribution in [2.75, 3.05) is 5.32 Å². The van der Waals surface area contributed by atoms with E-state index in [9.17, 15) is 4.79 Å². The highest BCUT2D eigenvalue weighted by atomic mass is 127. The number of amides is 1. The van der Waals surface area contributed by atoms with Crippen LogP contribution >= 0.6 is 22.6 Å². The highest BCUT2D eigenvalue weighted by Crippen LogP contribution is 2.16. The van der Waals surface area contributed by atoms with Crippen LogP contribution in [0.15, 0.2) is 48.5 Å². The molecule has 0 aliphatic carbocycles. The summed E-state index contributed by atoms with van der Waals surface area (Å²) in [4.78, 5) is 12.0. The van der Waals surface area contributed by atoms with E-state index in [0.717, 1.165) is 14.8 Å². The van der Waals surface area contributed by atoms with E-state index in [2.05, 4.69) is 27.9 Å². The Morgan fingerprint density at radius 3 is 2.55 bits per heavy atom. The molecule has 1 atom stereocenters. The van der Waals surface area contributed by atoms with E-state index in [0.29, 0.717) is 5.75 Å². The second-order valence-electron chi connectivity index (χ2n) is 4.57. The molecular formula is C16H16INO2. The van der Waals surface area contributed by atoms with Crippen molar-refractivity contribution in [2.24, 2.45) is 0 Å². The smallest absolute Gasteiger partial charge is 0.265 e. The summed E-state index contributed by atoms with van der Waals surface area (Å²) in [7, 11) is 0. The molecule has 0 saturated heterocycles. The van der Waals surface area contributed by atoms with Gasteiger partial charge in [-0.25, -0.2) is 0 Å². The number of rotatable bonds is 4. The van der Waals surface area contributed by atoms with Gasteiger partial charge in [0.15, 0.2) is 6.10 Å². The summed E-state index contributed by atoms with van der Waals surface area (Å²) in [6.45, 7) is 3.73. The minimum atomic E-state index is -0.545. The highest BCUT2D eigenvalue weighted by molar-refractivity contribution is 14.1. The van der Waals surface area contributed by atoms with Crippen molar-refractivity contribution in [3.8, 4) is 5.75 Å². The number of aryl methyl sites for hydroxylation is 1. The van der Waals surface area contributed by atoms with Crippen LogP contribution in [0.1, 0.15) is 12.5 Å². The van der Waals surface area contributed by atoms with Crippen molar-refractivity contribution in [2.45, 2.75) is 20.0 Å². The summed E-state index contributed by atoms with van der Waals surface area (Å²) < 4.78 is 6.77. The third-order valence-electron chi connectivity index (χ3n) is 2.78. The number of ether oxygens (including phenoxy) is 1. The Morgan fingerprint density at radius 1 is 1.20 bits per heavy atom. The molecule has 0 radical (unpaired) electrons. The number of halogens is 1. The molecule has 1 N–H and O–H groups in total. The molecule has 2 rings (SSSR count). The molecule has 0 fully saturated rings. The topological polar surface area (TPSA) is 38.3 Å². The van der Waals surface area contributed by atoms with Gasteiger partial charge in [-0.15, -0.1) is 0 Å². The van der Waals surface area contributed by atoms with Gasteiger partial charge in [0, 0.05) is 9.26 Å². The van der Waals surface area contributed by atoms with Gasteiger partial charge in [-0.05, 0) is 78.4 Å². The van der Waals surface area contributed by atoms with Crippen molar-refractivity contribution >= 4 is 34.2 Å². The first-order valence-corrected chi connectivity index (χ1v) is 7.42. The van der Waals surface area contributed by atoms with Gasteiger partial charge in [-0.3, -0.25) is 4.79 Å². The van der Waals surface area contributed by atoms with Crippen LogP contribution in [0.2, 0.25) is 0 Å². The van der Waals surface area contributed by atoms with Crippen molar-refractivity contribution < 1.29 is 9.53 Å². The zero-order valence-corrected chi connectivity index (χ0v) is 13.5. The third kappa shape index (κ3) is 4.23. The molecule has 1 amide bonds. The second kappa shape index (κ2) is 6.74. The monoisotopic (exact) mass is 381 g/mol. The number of benzene rings is 2. The van der Waals surface area contributed by atoms with Crippen LogP contribution in [0.25, 0.3) is 0 Å². The van der Waals surface area contributed by atoms with Gasteiger partial charge in [0.05, 0.1) is 0 Å². The maximum Gasteiger partial charge on any atom is 0.265 e. The molecule has 0 aliphatic rings. The Hall–Kier alpha value is -1.56. The number of carbonyl (C=O) groups is 1. The van der Waals surface area contributed by atoms with Crippen molar-refractivity contribution in [3.63, 3.8) is 0 Å². The first-order chi connectivity index (χ1) is 9.54. The lowest BCUT2D eigenvalue weighted by Crippen LogP contribution is -2.30. The Balaban J connectivity index is 1.96. The molecule has 0 aliphatic heterocycles. The zero-order chi connectivity index (χ0) is 14.5. The fourth-order valence-corrected chi connectivity index (χ4v) is 2.08. The molecule has 0 heterocycles. The Kier molecular flexibility index (Phi) is 5.00. The van der Waals surface area contributed by atoms with E-state index in [1.807, 2.05) is 55.5 Å². The lowest BCUT2D eigenvalue weighted by molar-refractivity contribution is -0.122. The maximum atomic E-state index is 12.0. The van der Waals surface area contributed by atoms with Crippen LogP contribution in [0, 0.1) is 10.5 Å². The minimum absolute atomic E-state index is 0.160. The molecule has 0 saturated carbocycles. The first kappa shape index (κ1) is 14.8. The van der Waals surface area contributed by atoms with Crippen LogP contribution in [-0.4, -0.2) is 12.0 Å². The predicted molar refractivity (Wildman–Crippen MR) is 89.1 cm³/mol. The average Bonchev–Trinajstić information content (AvgIpc) is 2.41. The van der Waals surface area contributed by atoms with E-state index < -0.39 is 6.10 Å². The predicted octanol–water partition coefficient (Wildman–Crippen LogP) is 4.01. The zero-order valence-electron chi connectivity index (χ0n) is 11.4. The molecule has 0 spiro atoms. The molecule has 3 nitrogen and oxygen atoms in total. The molecule has 2 aromatic rings. The van der Waals surface area contributed by atoms with Gasteiger partial charge in [-0.1, -0.05) is 12.1 Å². The third-order valence-corrected chi connectivity index (χ3v) is 3.50. The maximum absolute atomic E-state index is 12.0. The van der Waals surface area contributed by atoms with Gasteiger partial charge in [0.1, 0.15) is 5.75 Å².